The molecule has 0 aliphatic heterocycles. The third kappa shape index (κ3) is 1.26. The van der Waals surface area contributed by atoms with Gasteiger partial charge in [-0.25, -0.2) is 0 Å². The molecule has 1 nitrogen and oxygen atoms in total. The largest absolute Gasteiger partial charge is 0.394 e. The van der Waals surface area contributed by atoms with Gasteiger partial charge in [0.05, 0.1) is 12.0 Å². The van der Waals surface area contributed by atoms with Gasteiger partial charge in [-0.2, -0.15) is 13.2 Å². The van der Waals surface area contributed by atoms with Crippen molar-refractivity contribution in [3.63, 3.8) is 0 Å². The fourth-order valence-corrected chi connectivity index (χ4v) is 1.13. The SMILES string of the molecule is COC1CCC1C(F)(F)F. The summed E-state index contributed by atoms with van der Waals surface area (Å²) in [7, 11) is 1.32. The Hall–Kier alpha value is -0.250. The average molecular weight is 154 g/mol. The topological polar surface area (TPSA) is 9.23 Å². The highest BCUT2D eigenvalue weighted by Crippen LogP contribution is 2.42. The zero-order valence-corrected chi connectivity index (χ0v) is 5.61. The van der Waals surface area contributed by atoms with Gasteiger partial charge in [-0.1, -0.05) is 0 Å². The van der Waals surface area contributed by atoms with Crippen LogP contribution in [0.4, 0.5) is 13.2 Å². The summed E-state index contributed by atoms with van der Waals surface area (Å²) in [6.45, 7) is 0. The van der Waals surface area contributed by atoms with Crippen LogP contribution in [0.3, 0.4) is 0 Å². The van der Waals surface area contributed by atoms with E-state index in [9.17, 15) is 13.2 Å². The van der Waals surface area contributed by atoms with Crippen LogP contribution in [0.5, 0.6) is 0 Å². The molecule has 1 fully saturated rings. The zero-order chi connectivity index (χ0) is 7.78. The number of methoxy groups -OCH3 is 1. The van der Waals surface area contributed by atoms with Crippen molar-refractivity contribution < 1.29 is 17.9 Å². The van der Waals surface area contributed by atoms with Gasteiger partial charge in [-0.15, -0.1) is 0 Å². The molecule has 1 saturated carbocycles. The van der Waals surface area contributed by atoms with E-state index in [0.29, 0.717) is 6.42 Å². The van der Waals surface area contributed by atoms with Gasteiger partial charge >= 0.3 is 6.18 Å². The maximum atomic E-state index is 11.9. The van der Waals surface area contributed by atoms with Gasteiger partial charge in [0.1, 0.15) is 0 Å². The summed E-state index contributed by atoms with van der Waals surface area (Å²) in [5.74, 6) is -1.21. The molecule has 0 spiro atoms. The highest BCUT2D eigenvalue weighted by Gasteiger charge is 2.50. The van der Waals surface area contributed by atoms with Crippen LogP contribution in [0.25, 0.3) is 0 Å². The predicted octanol–water partition coefficient (Wildman–Crippen LogP) is 1.97. The molecule has 1 aliphatic rings. The number of rotatable bonds is 1. The van der Waals surface area contributed by atoms with Crippen molar-refractivity contribution >= 4 is 0 Å². The van der Waals surface area contributed by atoms with E-state index in [1.54, 1.807) is 0 Å². The first-order valence-corrected chi connectivity index (χ1v) is 3.15. The Morgan fingerprint density at radius 2 is 1.90 bits per heavy atom. The first kappa shape index (κ1) is 7.85. The quantitative estimate of drug-likeness (QED) is 0.561. The molecule has 1 rings (SSSR count). The summed E-state index contributed by atoms with van der Waals surface area (Å²) in [5.41, 5.74) is 0. The molecule has 0 heterocycles. The first-order chi connectivity index (χ1) is 4.55. The zero-order valence-electron chi connectivity index (χ0n) is 5.61. The molecule has 0 saturated heterocycles. The van der Waals surface area contributed by atoms with Gasteiger partial charge in [0.2, 0.25) is 0 Å². The minimum Gasteiger partial charge on any atom is -0.381 e. The van der Waals surface area contributed by atoms with Crippen LogP contribution in [-0.4, -0.2) is 19.4 Å². The summed E-state index contributed by atoms with van der Waals surface area (Å²) in [6, 6.07) is 0. The third-order valence-corrected chi connectivity index (χ3v) is 1.93. The average Bonchev–Trinajstić information content (AvgIpc) is 1.57. The molecule has 2 unspecified atom stereocenters. The standard InChI is InChI=1S/C6H9F3O/c1-10-5-3-2-4(5)6(7,8)9/h4-5H,2-3H2,1H3. The third-order valence-electron chi connectivity index (χ3n) is 1.93. The van der Waals surface area contributed by atoms with Gasteiger partial charge in [0.15, 0.2) is 0 Å². The van der Waals surface area contributed by atoms with Crippen LogP contribution in [0, 0.1) is 5.92 Å². The van der Waals surface area contributed by atoms with Crippen molar-refractivity contribution in [1.29, 1.82) is 0 Å². The molecule has 10 heavy (non-hydrogen) atoms. The van der Waals surface area contributed by atoms with Gasteiger partial charge in [-0.05, 0) is 12.8 Å². The van der Waals surface area contributed by atoms with Crippen molar-refractivity contribution in [2.24, 2.45) is 5.92 Å². The van der Waals surface area contributed by atoms with E-state index in [2.05, 4.69) is 4.74 Å². The Kier molecular flexibility index (Phi) is 1.90. The maximum Gasteiger partial charge on any atom is 0.394 e. The molecule has 0 radical (unpaired) electrons. The normalized spacial score (nSPS) is 33.6. The maximum absolute atomic E-state index is 11.9. The minimum absolute atomic E-state index is 0.224. The van der Waals surface area contributed by atoms with Crippen LogP contribution >= 0.6 is 0 Å². The van der Waals surface area contributed by atoms with E-state index in [-0.39, 0.29) is 6.42 Å². The number of halogens is 3. The van der Waals surface area contributed by atoms with Gasteiger partial charge in [-0.3, -0.25) is 0 Å². The lowest BCUT2D eigenvalue weighted by molar-refractivity contribution is -0.232. The molecule has 0 bridgehead atoms. The van der Waals surface area contributed by atoms with Crippen LogP contribution in [0.2, 0.25) is 0 Å². The predicted molar refractivity (Wildman–Crippen MR) is 29.6 cm³/mol. The lowest BCUT2D eigenvalue weighted by Crippen LogP contribution is -2.43. The Balaban J connectivity index is 2.43. The summed E-state index contributed by atoms with van der Waals surface area (Å²) < 4.78 is 40.2. The van der Waals surface area contributed by atoms with Crippen molar-refractivity contribution in [3.8, 4) is 0 Å². The number of alkyl halides is 3. The molecule has 2 atom stereocenters. The highest BCUT2D eigenvalue weighted by atomic mass is 19.4. The molecule has 0 N–H and O–H groups in total. The minimum atomic E-state index is -4.06. The van der Waals surface area contributed by atoms with Gasteiger partial charge in [0.25, 0.3) is 0 Å². The molecule has 0 aromatic rings. The number of ether oxygens (including phenoxy) is 1. The highest BCUT2D eigenvalue weighted by molar-refractivity contribution is 4.86. The van der Waals surface area contributed by atoms with Crippen LogP contribution < -0.4 is 0 Å². The molecular weight excluding hydrogens is 145 g/mol. The summed E-state index contributed by atoms with van der Waals surface area (Å²) in [5, 5.41) is 0. The molecule has 4 heteroatoms. The van der Waals surface area contributed by atoms with E-state index >= 15 is 0 Å². The molecule has 0 amide bonds. The van der Waals surface area contributed by atoms with Crippen molar-refractivity contribution in [2.75, 3.05) is 7.11 Å². The fourth-order valence-electron chi connectivity index (χ4n) is 1.13. The molecular formula is C6H9F3O. The van der Waals surface area contributed by atoms with E-state index in [0.717, 1.165) is 0 Å². The second-order valence-electron chi connectivity index (χ2n) is 2.50. The summed E-state index contributed by atoms with van der Waals surface area (Å²) in [4.78, 5) is 0. The smallest absolute Gasteiger partial charge is 0.381 e. The molecule has 0 aromatic carbocycles. The van der Waals surface area contributed by atoms with Gasteiger partial charge < -0.3 is 4.74 Å². The van der Waals surface area contributed by atoms with E-state index in [1.165, 1.54) is 7.11 Å². The summed E-state index contributed by atoms with van der Waals surface area (Å²) >= 11 is 0. The van der Waals surface area contributed by atoms with Crippen LogP contribution in [0.15, 0.2) is 0 Å². The van der Waals surface area contributed by atoms with E-state index < -0.39 is 18.2 Å². The monoisotopic (exact) mass is 154 g/mol. The summed E-state index contributed by atoms with van der Waals surface area (Å²) in [6.07, 6.45) is -3.87. The first-order valence-electron chi connectivity index (χ1n) is 3.15. The fraction of sp³-hybridized carbons (Fsp3) is 1.00. The molecule has 1 aliphatic carbocycles. The van der Waals surface area contributed by atoms with Crippen molar-refractivity contribution in [2.45, 2.75) is 25.1 Å². The van der Waals surface area contributed by atoms with Crippen molar-refractivity contribution in [3.05, 3.63) is 0 Å². The van der Waals surface area contributed by atoms with Crippen LogP contribution in [0.1, 0.15) is 12.8 Å². The van der Waals surface area contributed by atoms with E-state index in [1.807, 2.05) is 0 Å². The van der Waals surface area contributed by atoms with Crippen LogP contribution in [-0.2, 0) is 4.74 Å². The Morgan fingerprint density at radius 3 is 2.00 bits per heavy atom. The lowest BCUT2D eigenvalue weighted by atomic mass is 9.81. The number of hydrogen-bond acceptors (Lipinski definition) is 1. The Labute approximate surface area is 57.2 Å². The second-order valence-corrected chi connectivity index (χ2v) is 2.50. The van der Waals surface area contributed by atoms with Crippen molar-refractivity contribution in [1.82, 2.24) is 0 Å². The Bertz CT molecular complexity index is 119. The molecule has 60 valence electrons. The lowest BCUT2D eigenvalue weighted by Gasteiger charge is -2.36. The molecule has 0 aromatic heterocycles. The second kappa shape index (κ2) is 2.42. The number of hydrogen-bond donors (Lipinski definition) is 0. The van der Waals surface area contributed by atoms with E-state index in [4.69, 9.17) is 0 Å². The van der Waals surface area contributed by atoms with Gasteiger partial charge in [0, 0.05) is 7.11 Å². The Morgan fingerprint density at radius 1 is 1.30 bits per heavy atom.